The van der Waals surface area contributed by atoms with Gasteiger partial charge in [0.1, 0.15) is 17.2 Å². The first-order valence-corrected chi connectivity index (χ1v) is 10.2. The Bertz CT molecular complexity index is 1050. The molecule has 1 N–H and O–H groups in total. The predicted molar refractivity (Wildman–Crippen MR) is 118 cm³/mol. The molecule has 2 heterocycles. The lowest BCUT2D eigenvalue weighted by Crippen LogP contribution is -2.35. The van der Waals surface area contributed by atoms with Gasteiger partial charge in [0.2, 0.25) is 0 Å². The van der Waals surface area contributed by atoms with Crippen LogP contribution in [0.5, 0.6) is 17.2 Å². The van der Waals surface area contributed by atoms with Crippen LogP contribution in [-0.4, -0.2) is 55.5 Å². The molecule has 6 nitrogen and oxygen atoms in total. The molecule has 0 bridgehead atoms. The van der Waals surface area contributed by atoms with Gasteiger partial charge in [-0.25, -0.2) is 0 Å². The molecule has 1 aliphatic rings. The summed E-state index contributed by atoms with van der Waals surface area (Å²) >= 11 is 0. The second-order valence-corrected chi connectivity index (χ2v) is 7.73. The number of benzene rings is 2. The lowest BCUT2D eigenvalue weighted by Gasteiger charge is -2.28. The number of aryl methyl sites for hydroxylation is 2. The Hall–Kier alpha value is -2.83. The number of methoxy groups -OCH3 is 2. The molecule has 3 aromatic rings. The Balaban J connectivity index is 1.80. The number of ether oxygens (including phenoxy) is 3. The van der Waals surface area contributed by atoms with Gasteiger partial charge in [0.05, 0.1) is 38.7 Å². The molecule has 0 amide bonds. The van der Waals surface area contributed by atoms with Crippen LogP contribution >= 0.6 is 0 Å². The summed E-state index contributed by atoms with van der Waals surface area (Å²) in [5.41, 5.74) is 4.52. The molecular weight excluding hydrogens is 380 g/mol. The van der Waals surface area contributed by atoms with E-state index < -0.39 is 0 Å². The molecule has 0 aliphatic carbocycles. The monoisotopic (exact) mass is 408 g/mol. The molecular formula is C24H28N2O4. The van der Waals surface area contributed by atoms with Crippen molar-refractivity contribution >= 4 is 10.8 Å². The molecule has 1 aromatic heterocycles. The SMILES string of the molecule is COc1cc2cc(-c3cc(C)c(O)c(C)c3)ncc2c(OC)c1CN1CCOCC1. The first kappa shape index (κ1) is 20.4. The Morgan fingerprint density at radius 3 is 2.37 bits per heavy atom. The number of pyridine rings is 1. The maximum atomic E-state index is 10.1. The van der Waals surface area contributed by atoms with Crippen molar-refractivity contribution in [3.63, 3.8) is 0 Å². The summed E-state index contributed by atoms with van der Waals surface area (Å²) in [4.78, 5) is 7.05. The molecule has 2 aromatic carbocycles. The van der Waals surface area contributed by atoms with E-state index in [0.29, 0.717) is 5.75 Å². The van der Waals surface area contributed by atoms with E-state index in [2.05, 4.69) is 11.0 Å². The fourth-order valence-corrected chi connectivity index (χ4v) is 4.09. The lowest BCUT2D eigenvalue weighted by molar-refractivity contribution is 0.0336. The third kappa shape index (κ3) is 3.80. The third-order valence-corrected chi connectivity index (χ3v) is 5.73. The van der Waals surface area contributed by atoms with Gasteiger partial charge in [0.25, 0.3) is 0 Å². The molecule has 158 valence electrons. The van der Waals surface area contributed by atoms with Gasteiger partial charge >= 0.3 is 0 Å². The number of nitrogens with zero attached hydrogens (tertiary/aromatic N) is 2. The summed E-state index contributed by atoms with van der Waals surface area (Å²) in [6.45, 7) is 7.81. The third-order valence-electron chi connectivity index (χ3n) is 5.73. The minimum atomic E-state index is 0.329. The van der Waals surface area contributed by atoms with Crippen molar-refractivity contribution < 1.29 is 19.3 Å². The van der Waals surface area contributed by atoms with E-state index in [4.69, 9.17) is 19.2 Å². The zero-order valence-corrected chi connectivity index (χ0v) is 18.0. The molecule has 30 heavy (non-hydrogen) atoms. The van der Waals surface area contributed by atoms with E-state index in [0.717, 1.165) is 83.1 Å². The van der Waals surface area contributed by atoms with Gasteiger partial charge in [-0.15, -0.1) is 0 Å². The highest BCUT2D eigenvalue weighted by Gasteiger charge is 2.20. The van der Waals surface area contributed by atoms with Crippen LogP contribution in [0.1, 0.15) is 16.7 Å². The van der Waals surface area contributed by atoms with Crippen LogP contribution in [0.4, 0.5) is 0 Å². The van der Waals surface area contributed by atoms with Gasteiger partial charge in [-0.2, -0.15) is 0 Å². The van der Waals surface area contributed by atoms with Crippen LogP contribution in [0, 0.1) is 13.8 Å². The van der Waals surface area contributed by atoms with E-state index in [1.54, 1.807) is 14.2 Å². The van der Waals surface area contributed by atoms with Gasteiger partial charge in [-0.05, 0) is 54.6 Å². The average Bonchev–Trinajstić information content (AvgIpc) is 2.77. The number of aromatic nitrogens is 1. The maximum absolute atomic E-state index is 10.1. The molecule has 0 atom stereocenters. The standard InChI is InChI=1S/C24H28N2O4/c1-15-9-18(10-16(2)23(15)27)21-11-17-12-22(28-3)20(14-26-5-7-30-8-6-26)24(29-4)19(17)13-25-21/h9-13,27H,5-8,14H2,1-4H3. The molecule has 6 heteroatoms. The average molecular weight is 408 g/mol. The minimum Gasteiger partial charge on any atom is -0.507 e. The van der Waals surface area contributed by atoms with Crippen LogP contribution in [0.3, 0.4) is 0 Å². The molecule has 1 fully saturated rings. The van der Waals surface area contributed by atoms with Crippen LogP contribution in [0.25, 0.3) is 22.0 Å². The highest BCUT2D eigenvalue weighted by molar-refractivity contribution is 5.93. The van der Waals surface area contributed by atoms with E-state index in [9.17, 15) is 5.11 Å². The number of fused-ring (bicyclic) bond motifs is 1. The smallest absolute Gasteiger partial charge is 0.136 e. The predicted octanol–water partition coefficient (Wildman–Crippen LogP) is 4.07. The molecule has 0 spiro atoms. The number of phenolic OH excluding ortho intramolecular Hbond substituents is 1. The molecule has 0 unspecified atom stereocenters. The second kappa shape index (κ2) is 8.50. The van der Waals surface area contributed by atoms with Crippen LogP contribution in [-0.2, 0) is 11.3 Å². The van der Waals surface area contributed by atoms with Crippen molar-refractivity contribution in [1.29, 1.82) is 0 Å². The van der Waals surface area contributed by atoms with E-state index >= 15 is 0 Å². The van der Waals surface area contributed by atoms with E-state index in [1.165, 1.54) is 0 Å². The first-order chi connectivity index (χ1) is 14.5. The number of hydrogen-bond donors (Lipinski definition) is 1. The Morgan fingerprint density at radius 1 is 1.03 bits per heavy atom. The van der Waals surface area contributed by atoms with E-state index in [1.807, 2.05) is 38.2 Å². The Kier molecular flexibility index (Phi) is 5.79. The number of rotatable bonds is 5. The number of aromatic hydroxyl groups is 1. The summed E-state index contributed by atoms with van der Waals surface area (Å²) in [7, 11) is 3.38. The summed E-state index contributed by atoms with van der Waals surface area (Å²) in [5.74, 6) is 1.93. The number of phenols is 1. The van der Waals surface area contributed by atoms with Crippen LogP contribution in [0.2, 0.25) is 0 Å². The Labute approximate surface area is 177 Å². The fourth-order valence-electron chi connectivity index (χ4n) is 4.09. The minimum absolute atomic E-state index is 0.329. The quantitative estimate of drug-likeness (QED) is 0.687. The van der Waals surface area contributed by atoms with Crippen LogP contribution < -0.4 is 9.47 Å². The van der Waals surface area contributed by atoms with Gasteiger partial charge in [0.15, 0.2) is 0 Å². The Morgan fingerprint density at radius 2 is 1.73 bits per heavy atom. The molecule has 1 saturated heterocycles. The summed E-state index contributed by atoms with van der Waals surface area (Å²) in [5, 5.41) is 12.0. The summed E-state index contributed by atoms with van der Waals surface area (Å²) < 4.78 is 17.0. The van der Waals surface area contributed by atoms with Gasteiger partial charge in [0, 0.05) is 36.8 Å². The summed E-state index contributed by atoms with van der Waals surface area (Å²) in [6.07, 6.45) is 1.86. The molecule has 0 saturated carbocycles. The van der Waals surface area contributed by atoms with Gasteiger partial charge < -0.3 is 19.3 Å². The van der Waals surface area contributed by atoms with Gasteiger partial charge in [-0.3, -0.25) is 9.88 Å². The largest absolute Gasteiger partial charge is 0.507 e. The summed E-state index contributed by atoms with van der Waals surface area (Å²) in [6, 6.07) is 8.01. The number of hydrogen-bond acceptors (Lipinski definition) is 6. The van der Waals surface area contributed by atoms with Crippen molar-refractivity contribution in [1.82, 2.24) is 9.88 Å². The maximum Gasteiger partial charge on any atom is 0.136 e. The highest BCUT2D eigenvalue weighted by Crippen LogP contribution is 2.39. The zero-order valence-electron chi connectivity index (χ0n) is 18.0. The first-order valence-electron chi connectivity index (χ1n) is 10.2. The van der Waals surface area contributed by atoms with Gasteiger partial charge in [-0.1, -0.05) is 0 Å². The van der Waals surface area contributed by atoms with Crippen LogP contribution in [0.15, 0.2) is 30.5 Å². The van der Waals surface area contributed by atoms with Crippen molar-refractivity contribution in [3.05, 3.63) is 47.2 Å². The molecule has 0 radical (unpaired) electrons. The number of morpholine rings is 1. The second-order valence-electron chi connectivity index (χ2n) is 7.73. The topological polar surface area (TPSA) is 64.0 Å². The van der Waals surface area contributed by atoms with Crippen molar-refractivity contribution in [2.24, 2.45) is 0 Å². The van der Waals surface area contributed by atoms with E-state index in [-0.39, 0.29) is 0 Å². The lowest BCUT2D eigenvalue weighted by atomic mass is 10.00. The normalized spacial score (nSPS) is 14.8. The molecule has 1 aliphatic heterocycles. The van der Waals surface area contributed by atoms with Crippen molar-refractivity contribution in [2.45, 2.75) is 20.4 Å². The van der Waals surface area contributed by atoms with Crippen molar-refractivity contribution in [3.8, 4) is 28.5 Å². The molecule has 4 rings (SSSR count). The highest BCUT2D eigenvalue weighted by atomic mass is 16.5. The van der Waals surface area contributed by atoms with Crippen molar-refractivity contribution in [2.75, 3.05) is 40.5 Å². The zero-order chi connectivity index (χ0) is 21.3. The fraction of sp³-hybridized carbons (Fsp3) is 0.375.